The van der Waals surface area contributed by atoms with Crippen molar-refractivity contribution in [3.05, 3.63) is 122 Å². The Kier molecular flexibility index (Phi) is 60.8. The summed E-state index contributed by atoms with van der Waals surface area (Å²) < 4.78 is 16.9. The van der Waals surface area contributed by atoms with E-state index in [9.17, 15) is 14.4 Å². The second-order valence-electron chi connectivity index (χ2n) is 20.9. The van der Waals surface area contributed by atoms with Gasteiger partial charge < -0.3 is 14.2 Å². The molecule has 0 fully saturated rings. The van der Waals surface area contributed by atoms with Gasteiger partial charge in [-0.1, -0.05) is 277 Å². The minimum atomic E-state index is -0.803. The van der Waals surface area contributed by atoms with Crippen molar-refractivity contribution in [1.82, 2.24) is 0 Å². The Balaban J connectivity index is 4.45. The third kappa shape index (κ3) is 62.5. The molecule has 0 radical (unpaired) electrons. The van der Waals surface area contributed by atoms with Crippen LogP contribution in [0.15, 0.2) is 122 Å². The number of unbranched alkanes of at least 4 members (excludes halogenated alkanes) is 26. The molecule has 1 atom stereocenters. The van der Waals surface area contributed by atoms with E-state index in [0.717, 1.165) is 116 Å². The number of ether oxygens (including phenoxy) is 3. The van der Waals surface area contributed by atoms with E-state index in [1.807, 2.05) is 0 Å². The number of esters is 3. The van der Waals surface area contributed by atoms with Crippen LogP contribution in [0.4, 0.5) is 0 Å². The van der Waals surface area contributed by atoms with E-state index >= 15 is 0 Å². The van der Waals surface area contributed by atoms with E-state index in [2.05, 4.69) is 142 Å². The summed E-state index contributed by atoms with van der Waals surface area (Å²) in [7, 11) is 0. The summed E-state index contributed by atoms with van der Waals surface area (Å²) in [4.78, 5) is 38.3. The van der Waals surface area contributed by atoms with Gasteiger partial charge in [0.15, 0.2) is 6.10 Å². The number of rotatable bonds is 57. The molecule has 0 aromatic heterocycles. The van der Waals surface area contributed by atoms with E-state index in [1.165, 1.54) is 128 Å². The van der Waals surface area contributed by atoms with Gasteiger partial charge in [0, 0.05) is 19.3 Å². The van der Waals surface area contributed by atoms with E-state index in [1.54, 1.807) is 0 Å². The molecule has 6 heteroatoms. The van der Waals surface area contributed by atoms with Crippen LogP contribution >= 0.6 is 0 Å². The Morgan fingerprint density at radius 2 is 0.506 bits per heavy atom. The third-order valence-electron chi connectivity index (χ3n) is 13.5. The van der Waals surface area contributed by atoms with Crippen LogP contribution in [-0.4, -0.2) is 37.2 Å². The number of hydrogen-bond donors (Lipinski definition) is 0. The number of carbonyl (C=O) groups excluding carboxylic acids is 3. The molecular formula is C71H118O6. The highest BCUT2D eigenvalue weighted by molar-refractivity contribution is 5.71. The topological polar surface area (TPSA) is 78.9 Å². The molecule has 0 N–H and O–H groups in total. The quantitative estimate of drug-likeness (QED) is 0.0261. The van der Waals surface area contributed by atoms with Gasteiger partial charge in [-0.3, -0.25) is 14.4 Å². The molecule has 0 rings (SSSR count). The zero-order chi connectivity index (χ0) is 55.7. The maximum Gasteiger partial charge on any atom is 0.306 e. The summed E-state index contributed by atoms with van der Waals surface area (Å²) in [6, 6.07) is 0. The zero-order valence-corrected chi connectivity index (χ0v) is 50.2. The third-order valence-corrected chi connectivity index (χ3v) is 13.5. The Morgan fingerprint density at radius 1 is 0.273 bits per heavy atom. The first kappa shape index (κ1) is 72.8. The molecule has 0 spiro atoms. The minimum absolute atomic E-state index is 0.0951. The Bertz CT molecular complexity index is 1600. The molecule has 1 unspecified atom stereocenters. The van der Waals surface area contributed by atoms with Crippen molar-refractivity contribution in [2.75, 3.05) is 13.2 Å². The highest BCUT2D eigenvalue weighted by Crippen LogP contribution is 2.15. The molecule has 0 aromatic rings. The van der Waals surface area contributed by atoms with Crippen LogP contribution in [0, 0.1) is 0 Å². The lowest BCUT2D eigenvalue weighted by Crippen LogP contribution is -2.30. The minimum Gasteiger partial charge on any atom is -0.462 e. The van der Waals surface area contributed by atoms with Gasteiger partial charge in [0.05, 0.1) is 0 Å². The molecule has 0 aliphatic carbocycles. The van der Waals surface area contributed by atoms with Crippen LogP contribution in [0.5, 0.6) is 0 Å². The monoisotopic (exact) mass is 1070 g/mol. The molecule has 0 aliphatic rings. The standard InChI is InChI=1S/C71H118O6/c1-4-7-10-13-16-19-22-25-28-30-32-33-34-35-36-37-38-39-40-42-43-46-49-52-55-58-61-64-70(73)76-67-68(66-75-69(72)63-60-57-54-51-48-45-27-24-21-18-15-12-9-6-3)77-71(74)65-62-59-56-53-50-47-44-41-31-29-26-23-20-17-14-11-8-5-2/h7,10,16,19-20,23,25,28-29,31-33,35-36,38-39,42-43,49,52,68H,4-6,8-9,11-15,17-18,21-22,24,26-27,30,34,37,40-41,44-48,50-51,53-67H2,1-3H3/b10-7-,19-16-,23-20-,28-25-,31-29-,33-32-,36-35-,39-38-,43-42-,52-49-. The van der Waals surface area contributed by atoms with Crippen LogP contribution in [-0.2, 0) is 28.6 Å². The first-order valence-electron chi connectivity index (χ1n) is 32.0. The lowest BCUT2D eigenvalue weighted by Gasteiger charge is -2.18. The first-order chi connectivity index (χ1) is 38.0. The van der Waals surface area contributed by atoms with Crippen molar-refractivity contribution >= 4 is 17.9 Å². The van der Waals surface area contributed by atoms with Crippen LogP contribution in [0.25, 0.3) is 0 Å². The van der Waals surface area contributed by atoms with Crippen molar-refractivity contribution in [3.8, 4) is 0 Å². The van der Waals surface area contributed by atoms with Gasteiger partial charge in [0.2, 0.25) is 0 Å². The fourth-order valence-corrected chi connectivity index (χ4v) is 8.67. The highest BCUT2D eigenvalue weighted by Gasteiger charge is 2.19. The molecule has 77 heavy (non-hydrogen) atoms. The molecule has 0 saturated carbocycles. The molecule has 0 bridgehead atoms. The van der Waals surface area contributed by atoms with Crippen LogP contribution in [0.1, 0.15) is 290 Å². The summed E-state index contributed by atoms with van der Waals surface area (Å²) in [5, 5.41) is 0. The van der Waals surface area contributed by atoms with Gasteiger partial charge in [-0.05, 0) is 116 Å². The first-order valence-corrected chi connectivity index (χ1v) is 32.0. The van der Waals surface area contributed by atoms with Crippen LogP contribution in [0.3, 0.4) is 0 Å². The lowest BCUT2D eigenvalue weighted by atomic mass is 10.0. The number of allylic oxidation sites excluding steroid dienone is 20. The smallest absolute Gasteiger partial charge is 0.306 e. The Hall–Kier alpha value is -4.19. The molecule has 0 saturated heterocycles. The summed E-state index contributed by atoms with van der Waals surface area (Å²) in [6.07, 6.45) is 89.1. The second-order valence-corrected chi connectivity index (χ2v) is 20.9. The fraction of sp³-hybridized carbons (Fsp3) is 0.676. The summed E-state index contributed by atoms with van der Waals surface area (Å²) in [5.41, 5.74) is 0. The molecule has 438 valence electrons. The summed E-state index contributed by atoms with van der Waals surface area (Å²) in [6.45, 7) is 6.48. The van der Waals surface area contributed by atoms with E-state index in [0.29, 0.717) is 25.7 Å². The van der Waals surface area contributed by atoms with Crippen LogP contribution < -0.4 is 0 Å². The van der Waals surface area contributed by atoms with E-state index < -0.39 is 6.10 Å². The average molecular weight is 1070 g/mol. The van der Waals surface area contributed by atoms with E-state index in [4.69, 9.17) is 14.2 Å². The largest absolute Gasteiger partial charge is 0.462 e. The Labute approximate surface area is 475 Å². The predicted octanol–water partition coefficient (Wildman–Crippen LogP) is 22.0. The molecule has 0 amide bonds. The highest BCUT2D eigenvalue weighted by atomic mass is 16.6. The maximum absolute atomic E-state index is 12.9. The predicted molar refractivity (Wildman–Crippen MR) is 334 cm³/mol. The average Bonchev–Trinajstić information content (AvgIpc) is 3.43. The van der Waals surface area contributed by atoms with Gasteiger partial charge in [-0.2, -0.15) is 0 Å². The van der Waals surface area contributed by atoms with Crippen molar-refractivity contribution in [3.63, 3.8) is 0 Å². The molecular weight excluding hydrogens is 949 g/mol. The molecule has 0 aliphatic heterocycles. The number of carbonyl (C=O) groups is 3. The SMILES string of the molecule is CC/C=C\C/C=C\C/C=C\C/C=C\C/C=C\C/C=C\C/C=C\C/C=C\CCCCC(=O)OCC(COC(=O)CCCCCCCCCCCCCCCC)OC(=O)CCCCCCCCC/C=C\C/C=C\CCCCCC. The molecule has 6 nitrogen and oxygen atoms in total. The Morgan fingerprint density at radius 3 is 0.831 bits per heavy atom. The lowest BCUT2D eigenvalue weighted by molar-refractivity contribution is -0.167. The van der Waals surface area contributed by atoms with Gasteiger partial charge in [-0.15, -0.1) is 0 Å². The molecule has 0 aromatic carbocycles. The van der Waals surface area contributed by atoms with Crippen molar-refractivity contribution in [1.29, 1.82) is 0 Å². The number of hydrogen-bond acceptors (Lipinski definition) is 6. The van der Waals surface area contributed by atoms with Gasteiger partial charge >= 0.3 is 17.9 Å². The van der Waals surface area contributed by atoms with Gasteiger partial charge in [0.25, 0.3) is 0 Å². The zero-order valence-electron chi connectivity index (χ0n) is 50.2. The van der Waals surface area contributed by atoms with Gasteiger partial charge in [-0.25, -0.2) is 0 Å². The second kappa shape index (κ2) is 64.3. The maximum atomic E-state index is 12.9. The molecule has 0 heterocycles. The fourth-order valence-electron chi connectivity index (χ4n) is 8.67. The van der Waals surface area contributed by atoms with Crippen molar-refractivity contribution in [2.24, 2.45) is 0 Å². The van der Waals surface area contributed by atoms with Crippen molar-refractivity contribution in [2.45, 2.75) is 297 Å². The van der Waals surface area contributed by atoms with Crippen molar-refractivity contribution < 1.29 is 28.6 Å². The summed E-state index contributed by atoms with van der Waals surface area (Å²) in [5.74, 6) is -0.943. The normalized spacial score (nSPS) is 12.9. The van der Waals surface area contributed by atoms with Gasteiger partial charge in [0.1, 0.15) is 13.2 Å². The summed E-state index contributed by atoms with van der Waals surface area (Å²) >= 11 is 0. The van der Waals surface area contributed by atoms with Crippen LogP contribution in [0.2, 0.25) is 0 Å². The van der Waals surface area contributed by atoms with E-state index in [-0.39, 0.29) is 31.1 Å².